The van der Waals surface area contributed by atoms with Crippen molar-refractivity contribution >= 4 is 17.8 Å². The Bertz CT molecular complexity index is 868. The van der Waals surface area contributed by atoms with E-state index >= 15 is 0 Å². The van der Waals surface area contributed by atoms with Crippen LogP contribution in [0.1, 0.15) is 31.0 Å². The molecule has 1 unspecified atom stereocenters. The van der Waals surface area contributed by atoms with Crippen LogP contribution in [0.5, 0.6) is 0 Å². The first-order valence-corrected chi connectivity index (χ1v) is 8.81. The molecule has 1 heterocycles. The molecule has 0 bridgehead atoms. The molecule has 0 spiro atoms. The molecule has 2 aromatic rings. The monoisotopic (exact) mass is 385 g/mol. The molecule has 3 rings (SSSR count). The van der Waals surface area contributed by atoms with Crippen LogP contribution in [0.15, 0.2) is 54.6 Å². The molecule has 0 aliphatic carbocycles. The SMILES string of the molecule is CC(=O)O[C@H]1C(=O)N(Cc2ccccc2)C(c2ccc(F)cc2)[C@@H]1OC(C)=O. The number of carbonyl (C=O) groups is 3. The number of nitrogens with zero attached hydrogens (tertiary/aromatic N) is 1. The third-order valence-electron chi connectivity index (χ3n) is 4.47. The van der Waals surface area contributed by atoms with Crippen molar-refractivity contribution in [3.63, 3.8) is 0 Å². The van der Waals surface area contributed by atoms with Gasteiger partial charge < -0.3 is 14.4 Å². The van der Waals surface area contributed by atoms with Gasteiger partial charge in [-0.25, -0.2) is 4.39 Å². The van der Waals surface area contributed by atoms with E-state index in [2.05, 4.69) is 0 Å². The average Bonchev–Trinajstić information content (AvgIpc) is 2.88. The van der Waals surface area contributed by atoms with Crippen LogP contribution in [-0.4, -0.2) is 35.0 Å². The van der Waals surface area contributed by atoms with Crippen LogP contribution in [0.4, 0.5) is 4.39 Å². The van der Waals surface area contributed by atoms with Gasteiger partial charge in [0.25, 0.3) is 5.91 Å². The maximum Gasteiger partial charge on any atom is 0.303 e. The minimum atomic E-state index is -1.26. The first-order valence-electron chi connectivity index (χ1n) is 8.81. The standard InChI is InChI=1S/C21H20FNO5/c1-13(24)27-19-18(16-8-10-17(22)11-9-16)23(12-15-6-4-3-5-7-15)21(26)20(19)28-14(2)25/h3-11,18-20H,12H2,1-2H3/t18?,19-,20+/m0/s1. The van der Waals surface area contributed by atoms with Gasteiger partial charge in [0.1, 0.15) is 5.82 Å². The van der Waals surface area contributed by atoms with E-state index in [0.717, 1.165) is 5.56 Å². The van der Waals surface area contributed by atoms with Crippen LogP contribution >= 0.6 is 0 Å². The Morgan fingerprint density at radius 2 is 1.57 bits per heavy atom. The maximum absolute atomic E-state index is 13.4. The smallest absolute Gasteiger partial charge is 0.303 e. The van der Waals surface area contributed by atoms with Gasteiger partial charge in [0.15, 0.2) is 6.10 Å². The minimum absolute atomic E-state index is 0.219. The number of esters is 2. The van der Waals surface area contributed by atoms with Crippen molar-refractivity contribution in [2.24, 2.45) is 0 Å². The van der Waals surface area contributed by atoms with Gasteiger partial charge in [0, 0.05) is 20.4 Å². The van der Waals surface area contributed by atoms with Gasteiger partial charge in [0.05, 0.1) is 6.04 Å². The summed E-state index contributed by atoms with van der Waals surface area (Å²) < 4.78 is 24.0. The lowest BCUT2D eigenvalue weighted by atomic mass is 10.0. The molecule has 1 fully saturated rings. The number of likely N-dealkylation sites (tertiary alicyclic amines) is 1. The highest BCUT2D eigenvalue weighted by Crippen LogP contribution is 2.38. The fourth-order valence-electron chi connectivity index (χ4n) is 3.38. The van der Waals surface area contributed by atoms with E-state index in [9.17, 15) is 18.8 Å². The molecule has 2 aromatic carbocycles. The summed E-state index contributed by atoms with van der Waals surface area (Å²) in [4.78, 5) is 37.8. The highest BCUT2D eigenvalue weighted by molar-refractivity contribution is 5.87. The summed E-state index contributed by atoms with van der Waals surface area (Å²) in [6.45, 7) is 2.62. The van der Waals surface area contributed by atoms with E-state index in [1.807, 2.05) is 30.3 Å². The van der Waals surface area contributed by atoms with Crippen LogP contribution < -0.4 is 0 Å². The van der Waals surface area contributed by atoms with Crippen molar-refractivity contribution < 1.29 is 28.2 Å². The van der Waals surface area contributed by atoms with Crippen molar-refractivity contribution in [2.45, 2.75) is 38.6 Å². The first-order chi connectivity index (χ1) is 13.4. The molecule has 1 aliphatic rings. The van der Waals surface area contributed by atoms with E-state index in [1.54, 1.807) is 0 Å². The second-order valence-corrected chi connectivity index (χ2v) is 6.55. The molecule has 6 nitrogen and oxygen atoms in total. The highest BCUT2D eigenvalue weighted by Gasteiger charge is 2.52. The fraction of sp³-hybridized carbons (Fsp3) is 0.286. The van der Waals surface area contributed by atoms with E-state index in [0.29, 0.717) is 5.56 Å². The molecular weight excluding hydrogens is 365 g/mol. The zero-order chi connectivity index (χ0) is 20.3. The van der Waals surface area contributed by atoms with Crippen molar-refractivity contribution in [1.29, 1.82) is 0 Å². The number of rotatable bonds is 5. The number of hydrogen-bond donors (Lipinski definition) is 0. The Morgan fingerprint density at radius 1 is 0.964 bits per heavy atom. The van der Waals surface area contributed by atoms with Crippen LogP contribution in [-0.2, 0) is 30.4 Å². The lowest BCUT2D eigenvalue weighted by Crippen LogP contribution is -2.36. The second kappa shape index (κ2) is 8.21. The summed E-state index contributed by atoms with van der Waals surface area (Å²) >= 11 is 0. The van der Waals surface area contributed by atoms with Gasteiger partial charge in [-0.05, 0) is 23.3 Å². The molecule has 28 heavy (non-hydrogen) atoms. The molecule has 0 radical (unpaired) electrons. The molecule has 1 saturated heterocycles. The van der Waals surface area contributed by atoms with Crippen molar-refractivity contribution in [2.75, 3.05) is 0 Å². The number of halogens is 1. The summed E-state index contributed by atoms with van der Waals surface area (Å²) in [6.07, 6.45) is -2.30. The highest BCUT2D eigenvalue weighted by atomic mass is 19.1. The molecule has 3 atom stereocenters. The van der Waals surface area contributed by atoms with Crippen LogP contribution in [0, 0.1) is 5.82 Å². The number of ether oxygens (including phenoxy) is 2. The topological polar surface area (TPSA) is 72.9 Å². The van der Waals surface area contributed by atoms with E-state index < -0.39 is 41.9 Å². The molecule has 0 aromatic heterocycles. The summed E-state index contributed by atoms with van der Waals surface area (Å²) in [7, 11) is 0. The predicted octanol–water partition coefficient (Wildman–Crippen LogP) is 2.77. The lowest BCUT2D eigenvalue weighted by molar-refractivity contribution is -0.166. The number of benzene rings is 2. The van der Waals surface area contributed by atoms with Crippen LogP contribution in [0.2, 0.25) is 0 Å². The molecule has 146 valence electrons. The van der Waals surface area contributed by atoms with Gasteiger partial charge in [0.2, 0.25) is 6.10 Å². The molecule has 0 N–H and O–H groups in total. The second-order valence-electron chi connectivity index (χ2n) is 6.55. The summed E-state index contributed by atoms with van der Waals surface area (Å²) in [5.74, 6) is -2.17. The summed E-state index contributed by atoms with van der Waals surface area (Å²) in [6, 6.07) is 14.1. The molecule has 7 heteroatoms. The van der Waals surface area contributed by atoms with Crippen LogP contribution in [0.25, 0.3) is 0 Å². The molecule has 1 amide bonds. The first kappa shape index (κ1) is 19.5. The van der Waals surface area contributed by atoms with Crippen molar-refractivity contribution in [1.82, 2.24) is 4.90 Å². The average molecular weight is 385 g/mol. The molecular formula is C21H20FNO5. The zero-order valence-corrected chi connectivity index (χ0v) is 15.5. The van der Waals surface area contributed by atoms with E-state index in [1.165, 1.54) is 43.0 Å². The Morgan fingerprint density at radius 3 is 2.14 bits per heavy atom. The number of hydrogen-bond acceptors (Lipinski definition) is 5. The Kier molecular flexibility index (Phi) is 5.73. The van der Waals surface area contributed by atoms with Gasteiger partial charge in [-0.1, -0.05) is 42.5 Å². The quantitative estimate of drug-likeness (QED) is 0.740. The van der Waals surface area contributed by atoms with Gasteiger partial charge >= 0.3 is 11.9 Å². The Hall–Kier alpha value is -3.22. The summed E-state index contributed by atoms with van der Waals surface area (Å²) in [5.41, 5.74) is 1.43. The van der Waals surface area contributed by atoms with Gasteiger partial charge in [-0.2, -0.15) is 0 Å². The van der Waals surface area contributed by atoms with Gasteiger partial charge in [-0.3, -0.25) is 14.4 Å². The normalized spacial score (nSPS) is 21.5. The largest absolute Gasteiger partial charge is 0.455 e. The third-order valence-corrected chi connectivity index (χ3v) is 4.47. The summed E-state index contributed by atoms with van der Waals surface area (Å²) in [5, 5.41) is 0. The zero-order valence-electron chi connectivity index (χ0n) is 15.5. The lowest BCUT2D eigenvalue weighted by Gasteiger charge is -2.28. The Balaban J connectivity index is 2.04. The predicted molar refractivity (Wildman–Crippen MR) is 97.2 cm³/mol. The number of carbonyl (C=O) groups excluding carboxylic acids is 3. The number of amides is 1. The maximum atomic E-state index is 13.4. The van der Waals surface area contributed by atoms with E-state index in [-0.39, 0.29) is 6.54 Å². The van der Waals surface area contributed by atoms with E-state index in [4.69, 9.17) is 9.47 Å². The molecule has 1 aliphatic heterocycles. The third kappa shape index (κ3) is 4.19. The fourth-order valence-corrected chi connectivity index (χ4v) is 3.38. The minimum Gasteiger partial charge on any atom is -0.455 e. The Labute approximate surface area is 161 Å². The van der Waals surface area contributed by atoms with Gasteiger partial charge in [-0.15, -0.1) is 0 Å². The molecule has 0 saturated carbocycles. The van der Waals surface area contributed by atoms with Crippen molar-refractivity contribution in [3.8, 4) is 0 Å². The van der Waals surface area contributed by atoms with Crippen LogP contribution in [0.3, 0.4) is 0 Å². The van der Waals surface area contributed by atoms with Crippen molar-refractivity contribution in [3.05, 3.63) is 71.5 Å².